The molecule has 2 aromatic rings. The van der Waals surface area contributed by atoms with Crippen LogP contribution in [0.5, 0.6) is 0 Å². The fraction of sp³-hybridized carbons (Fsp3) is 0.217. The number of hydrogen-bond acceptors (Lipinski definition) is 3. The molecule has 0 spiro atoms. The van der Waals surface area contributed by atoms with Crippen LogP contribution in [0, 0.1) is 0 Å². The number of nitrogens with zero attached hydrogens (tertiary/aromatic N) is 2. The van der Waals surface area contributed by atoms with Crippen LogP contribution in [0.3, 0.4) is 0 Å². The van der Waals surface area contributed by atoms with Crippen molar-refractivity contribution in [2.75, 3.05) is 6.54 Å². The molecule has 0 radical (unpaired) electrons. The molecule has 1 aromatic heterocycles. The zero-order valence-corrected chi connectivity index (χ0v) is 16.1. The molecule has 2 heterocycles. The maximum absolute atomic E-state index is 12.5. The van der Waals surface area contributed by atoms with Gasteiger partial charge in [-0.25, -0.2) is 4.79 Å². The van der Waals surface area contributed by atoms with Crippen molar-refractivity contribution in [1.29, 1.82) is 0 Å². The number of carbonyl (C=O) groups is 1. The van der Waals surface area contributed by atoms with Gasteiger partial charge in [0.1, 0.15) is 5.60 Å². The molecule has 0 bridgehead atoms. The van der Waals surface area contributed by atoms with Crippen LogP contribution in [0.4, 0.5) is 4.79 Å². The van der Waals surface area contributed by atoms with Gasteiger partial charge in [0.25, 0.3) is 0 Å². The highest BCUT2D eigenvalue weighted by Crippen LogP contribution is 2.32. The van der Waals surface area contributed by atoms with Crippen LogP contribution in [-0.2, 0) is 11.8 Å². The molecular weight excluding hydrogens is 352 g/mol. The Balaban J connectivity index is 1.77. The highest BCUT2D eigenvalue weighted by atomic mass is 16.6. The van der Waals surface area contributed by atoms with Gasteiger partial charge in [0.05, 0.1) is 0 Å². The lowest BCUT2D eigenvalue weighted by molar-refractivity contribution is -0.00265. The average Bonchev–Trinajstić information content (AvgIpc) is 2.70. The topological polar surface area (TPSA) is 51.5 Å². The number of aryl methyl sites for hydroxylation is 1. The van der Waals surface area contributed by atoms with Crippen LogP contribution in [0.15, 0.2) is 79.3 Å². The summed E-state index contributed by atoms with van der Waals surface area (Å²) in [7, 11) is 1.72. The van der Waals surface area contributed by atoms with E-state index in [4.69, 9.17) is 4.74 Å². The Morgan fingerprint density at radius 1 is 1.14 bits per heavy atom. The molecule has 28 heavy (non-hydrogen) atoms. The number of carbonyl (C=O) groups excluding carboxylic acids is 1. The fourth-order valence-corrected chi connectivity index (χ4v) is 3.31. The molecular formula is C23H24N2O3. The number of amides is 1. The van der Waals surface area contributed by atoms with Crippen molar-refractivity contribution in [1.82, 2.24) is 9.47 Å². The Hall–Kier alpha value is -3.34. The van der Waals surface area contributed by atoms with E-state index in [-0.39, 0.29) is 5.56 Å². The highest BCUT2D eigenvalue weighted by Gasteiger charge is 2.38. The van der Waals surface area contributed by atoms with Crippen molar-refractivity contribution in [2.45, 2.75) is 18.4 Å². The van der Waals surface area contributed by atoms with E-state index >= 15 is 0 Å². The lowest BCUT2D eigenvalue weighted by Gasteiger charge is -2.39. The molecule has 1 fully saturated rings. The lowest BCUT2D eigenvalue weighted by Crippen LogP contribution is -2.47. The van der Waals surface area contributed by atoms with Gasteiger partial charge in [-0.05, 0) is 28.8 Å². The Morgan fingerprint density at radius 2 is 1.82 bits per heavy atom. The van der Waals surface area contributed by atoms with Gasteiger partial charge in [-0.15, -0.1) is 6.58 Å². The number of ether oxygens (including phenoxy) is 1. The van der Waals surface area contributed by atoms with E-state index < -0.39 is 11.7 Å². The highest BCUT2D eigenvalue weighted by molar-refractivity contribution is 5.82. The van der Waals surface area contributed by atoms with E-state index in [2.05, 4.69) is 19.7 Å². The third-order valence-electron chi connectivity index (χ3n) is 5.09. The number of pyridine rings is 1. The molecule has 3 rings (SSSR count). The Labute approximate surface area is 164 Å². The zero-order valence-electron chi connectivity index (χ0n) is 16.1. The first-order valence-electron chi connectivity index (χ1n) is 9.10. The van der Waals surface area contributed by atoms with Crippen LogP contribution >= 0.6 is 0 Å². The van der Waals surface area contributed by atoms with Crippen LogP contribution < -0.4 is 5.56 Å². The number of cyclic esters (lactones) is 1. The smallest absolute Gasteiger partial charge is 0.415 e. The minimum Gasteiger partial charge on any atom is -0.438 e. The molecule has 5 nitrogen and oxygen atoms in total. The molecule has 0 N–H and O–H groups in total. The van der Waals surface area contributed by atoms with Crippen molar-refractivity contribution in [3.05, 3.63) is 90.4 Å². The number of benzene rings is 1. The SMILES string of the molecule is C=CC[C@]1(C=C)CCN(C(=C)c2ccc(-c3ccc(=O)n(C)c3)cc2)C(=O)O1. The summed E-state index contributed by atoms with van der Waals surface area (Å²) in [6.07, 6.45) is 5.94. The van der Waals surface area contributed by atoms with E-state index in [1.807, 2.05) is 24.3 Å². The van der Waals surface area contributed by atoms with Gasteiger partial charge in [0, 0.05) is 44.4 Å². The summed E-state index contributed by atoms with van der Waals surface area (Å²) >= 11 is 0. The van der Waals surface area contributed by atoms with Gasteiger partial charge in [-0.2, -0.15) is 0 Å². The van der Waals surface area contributed by atoms with Gasteiger partial charge in [0.15, 0.2) is 0 Å². The minimum absolute atomic E-state index is 0.0515. The molecule has 0 aliphatic carbocycles. The quantitative estimate of drug-likeness (QED) is 0.704. The summed E-state index contributed by atoms with van der Waals surface area (Å²) in [5.74, 6) is 0. The Morgan fingerprint density at radius 3 is 2.39 bits per heavy atom. The van der Waals surface area contributed by atoms with Crippen LogP contribution in [0.2, 0.25) is 0 Å². The predicted octanol–water partition coefficient (Wildman–Crippen LogP) is 4.37. The summed E-state index contributed by atoms with van der Waals surface area (Å²) in [6.45, 7) is 12.1. The normalized spacial score (nSPS) is 19.0. The van der Waals surface area contributed by atoms with Gasteiger partial charge < -0.3 is 9.30 Å². The van der Waals surface area contributed by atoms with Crippen LogP contribution in [-0.4, -0.2) is 27.7 Å². The first kappa shape index (κ1) is 19.4. The fourth-order valence-electron chi connectivity index (χ4n) is 3.31. The number of hydrogen-bond donors (Lipinski definition) is 0. The summed E-state index contributed by atoms with van der Waals surface area (Å²) in [4.78, 5) is 25.6. The largest absolute Gasteiger partial charge is 0.438 e. The van der Waals surface area contributed by atoms with Gasteiger partial charge >= 0.3 is 6.09 Å². The predicted molar refractivity (Wildman–Crippen MR) is 112 cm³/mol. The summed E-state index contributed by atoms with van der Waals surface area (Å²) in [6, 6.07) is 11.1. The van der Waals surface area contributed by atoms with Crippen molar-refractivity contribution in [2.24, 2.45) is 7.05 Å². The number of aromatic nitrogens is 1. The summed E-state index contributed by atoms with van der Waals surface area (Å²) in [5.41, 5.74) is 2.60. The lowest BCUT2D eigenvalue weighted by atomic mass is 9.93. The van der Waals surface area contributed by atoms with E-state index in [0.29, 0.717) is 25.1 Å². The molecule has 1 amide bonds. The van der Waals surface area contributed by atoms with Crippen molar-refractivity contribution >= 4 is 11.8 Å². The third kappa shape index (κ3) is 3.69. The molecule has 1 aliphatic heterocycles. The second-order valence-electron chi connectivity index (χ2n) is 6.92. The maximum Gasteiger partial charge on any atom is 0.415 e. The van der Waals surface area contributed by atoms with Gasteiger partial charge in [0.2, 0.25) is 5.56 Å². The first-order chi connectivity index (χ1) is 13.4. The molecule has 5 heteroatoms. The molecule has 1 atom stereocenters. The zero-order chi connectivity index (χ0) is 20.3. The Kier molecular flexibility index (Phi) is 5.36. The van der Waals surface area contributed by atoms with Crippen LogP contribution in [0.25, 0.3) is 16.8 Å². The average molecular weight is 376 g/mol. The third-order valence-corrected chi connectivity index (χ3v) is 5.09. The number of rotatable bonds is 6. The van der Waals surface area contributed by atoms with E-state index in [1.165, 1.54) is 0 Å². The summed E-state index contributed by atoms with van der Waals surface area (Å²) < 4.78 is 7.18. The van der Waals surface area contributed by atoms with Gasteiger partial charge in [-0.1, -0.05) is 43.5 Å². The maximum atomic E-state index is 12.5. The standard InChI is InChI=1S/C23H24N2O3/c1-5-13-23(6-2)14-15-25(22(27)28-23)17(3)18-7-9-19(10-8-18)20-11-12-21(26)24(4)16-20/h5-12,16H,1-3,13-15H2,4H3/t23-/m1/s1. The van der Waals surface area contributed by atoms with Crippen molar-refractivity contribution in [3.63, 3.8) is 0 Å². The molecule has 0 saturated carbocycles. The van der Waals surface area contributed by atoms with Crippen molar-refractivity contribution < 1.29 is 9.53 Å². The van der Waals surface area contributed by atoms with Crippen LogP contribution in [0.1, 0.15) is 18.4 Å². The van der Waals surface area contributed by atoms with E-state index in [9.17, 15) is 9.59 Å². The molecule has 144 valence electrons. The van der Waals surface area contributed by atoms with E-state index in [1.54, 1.807) is 47.0 Å². The first-order valence-corrected chi connectivity index (χ1v) is 9.10. The monoisotopic (exact) mass is 376 g/mol. The second kappa shape index (κ2) is 7.72. The molecule has 1 aromatic carbocycles. The molecule has 0 unspecified atom stereocenters. The minimum atomic E-state index is -0.692. The van der Waals surface area contributed by atoms with E-state index in [0.717, 1.165) is 16.7 Å². The van der Waals surface area contributed by atoms with Gasteiger partial charge in [-0.3, -0.25) is 9.69 Å². The summed E-state index contributed by atoms with van der Waals surface area (Å²) in [5, 5.41) is 0. The Bertz CT molecular complexity index is 988. The van der Waals surface area contributed by atoms with Crippen molar-refractivity contribution in [3.8, 4) is 11.1 Å². The molecule has 1 aliphatic rings. The molecule has 1 saturated heterocycles. The second-order valence-corrected chi connectivity index (χ2v) is 6.92.